The molecule has 0 bridgehead atoms. The number of amides is 1. The minimum atomic E-state index is -0.158. The van der Waals surface area contributed by atoms with Gasteiger partial charge in [0.1, 0.15) is 0 Å². The van der Waals surface area contributed by atoms with Crippen LogP contribution in [0.1, 0.15) is 38.6 Å². The molecule has 0 saturated heterocycles. The SMILES string of the molecule is Cc1cc(CNC(=O)C(CN)CC(C)(C)C)on1. The maximum absolute atomic E-state index is 12.0. The fourth-order valence-electron chi connectivity index (χ4n) is 1.84. The second kappa shape index (κ2) is 6.00. The Morgan fingerprint density at radius 1 is 1.56 bits per heavy atom. The fourth-order valence-corrected chi connectivity index (χ4v) is 1.84. The van der Waals surface area contributed by atoms with E-state index in [1.165, 1.54) is 0 Å². The van der Waals surface area contributed by atoms with Gasteiger partial charge in [0.05, 0.1) is 18.2 Å². The predicted molar refractivity (Wildman–Crippen MR) is 69.7 cm³/mol. The Morgan fingerprint density at radius 2 is 2.22 bits per heavy atom. The molecular formula is C13H23N3O2. The molecule has 1 rings (SSSR count). The zero-order valence-electron chi connectivity index (χ0n) is 11.6. The minimum Gasteiger partial charge on any atom is -0.359 e. The topological polar surface area (TPSA) is 81.2 Å². The highest BCUT2D eigenvalue weighted by molar-refractivity contribution is 5.78. The number of nitrogens with two attached hydrogens (primary N) is 1. The molecule has 0 aliphatic rings. The Labute approximate surface area is 108 Å². The molecule has 1 heterocycles. The normalized spacial score (nSPS) is 13.4. The number of carbonyl (C=O) groups is 1. The molecular weight excluding hydrogens is 230 g/mol. The Kier molecular flexibility index (Phi) is 4.90. The lowest BCUT2D eigenvalue weighted by atomic mass is 9.84. The summed E-state index contributed by atoms with van der Waals surface area (Å²) in [6.45, 7) is 8.87. The molecule has 0 fully saturated rings. The smallest absolute Gasteiger partial charge is 0.224 e. The van der Waals surface area contributed by atoms with Crippen molar-refractivity contribution in [3.8, 4) is 0 Å². The zero-order chi connectivity index (χ0) is 13.8. The van der Waals surface area contributed by atoms with Crippen molar-refractivity contribution in [1.29, 1.82) is 0 Å². The largest absolute Gasteiger partial charge is 0.359 e. The lowest BCUT2D eigenvalue weighted by molar-refractivity contribution is -0.125. The number of carbonyl (C=O) groups excluding carboxylic acids is 1. The maximum atomic E-state index is 12.0. The van der Waals surface area contributed by atoms with Crippen LogP contribution in [-0.2, 0) is 11.3 Å². The maximum Gasteiger partial charge on any atom is 0.224 e. The molecule has 0 aromatic carbocycles. The highest BCUT2D eigenvalue weighted by Crippen LogP contribution is 2.24. The number of nitrogens with one attached hydrogen (secondary N) is 1. The summed E-state index contributed by atoms with van der Waals surface area (Å²) in [6.07, 6.45) is 0.769. The molecule has 1 unspecified atom stereocenters. The van der Waals surface area contributed by atoms with Gasteiger partial charge in [0, 0.05) is 12.6 Å². The van der Waals surface area contributed by atoms with Gasteiger partial charge in [0.2, 0.25) is 5.91 Å². The van der Waals surface area contributed by atoms with Crippen LogP contribution >= 0.6 is 0 Å². The standard InChI is InChI=1S/C13H23N3O2/c1-9-5-11(18-16-9)8-15-12(17)10(7-14)6-13(2,3)4/h5,10H,6-8,14H2,1-4H3,(H,15,17). The van der Waals surface area contributed by atoms with E-state index in [1.54, 1.807) is 0 Å². The van der Waals surface area contributed by atoms with Crippen molar-refractivity contribution in [3.63, 3.8) is 0 Å². The molecule has 0 aliphatic carbocycles. The number of aryl methyl sites for hydroxylation is 1. The number of rotatable bonds is 5. The summed E-state index contributed by atoms with van der Waals surface area (Å²) in [7, 11) is 0. The van der Waals surface area contributed by atoms with Gasteiger partial charge in [0.15, 0.2) is 5.76 Å². The molecule has 1 aromatic heterocycles. The molecule has 5 heteroatoms. The van der Waals surface area contributed by atoms with E-state index >= 15 is 0 Å². The number of hydrogen-bond acceptors (Lipinski definition) is 4. The van der Waals surface area contributed by atoms with Gasteiger partial charge in [-0.05, 0) is 18.8 Å². The lowest BCUT2D eigenvalue weighted by Crippen LogP contribution is -2.36. The van der Waals surface area contributed by atoms with Crippen molar-refractivity contribution in [2.45, 2.75) is 40.7 Å². The van der Waals surface area contributed by atoms with Gasteiger partial charge in [0.25, 0.3) is 0 Å². The molecule has 1 aromatic rings. The summed E-state index contributed by atoms with van der Waals surface area (Å²) in [5.41, 5.74) is 6.55. The van der Waals surface area contributed by atoms with Crippen molar-refractivity contribution in [1.82, 2.24) is 10.5 Å². The highest BCUT2D eigenvalue weighted by atomic mass is 16.5. The van der Waals surface area contributed by atoms with Gasteiger partial charge in [-0.2, -0.15) is 0 Å². The molecule has 3 N–H and O–H groups in total. The average Bonchev–Trinajstić information content (AvgIpc) is 2.67. The lowest BCUT2D eigenvalue weighted by Gasteiger charge is -2.24. The van der Waals surface area contributed by atoms with Gasteiger partial charge < -0.3 is 15.6 Å². The molecule has 102 valence electrons. The van der Waals surface area contributed by atoms with Crippen LogP contribution in [0.4, 0.5) is 0 Å². The van der Waals surface area contributed by atoms with Crippen molar-refractivity contribution < 1.29 is 9.32 Å². The van der Waals surface area contributed by atoms with E-state index < -0.39 is 0 Å². The molecule has 0 saturated carbocycles. The summed E-state index contributed by atoms with van der Waals surface area (Å²) >= 11 is 0. The van der Waals surface area contributed by atoms with Gasteiger partial charge in [-0.3, -0.25) is 4.79 Å². The van der Waals surface area contributed by atoms with Crippen LogP contribution in [-0.4, -0.2) is 17.6 Å². The van der Waals surface area contributed by atoms with E-state index in [2.05, 4.69) is 31.2 Å². The first-order valence-electron chi connectivity index (χ1n) is 6.22. The van der Waals surface area contributed by atoms with E-state index in [1.807, 2.05) is 13.0 Å². The Bertz CT molecular complexity index is 393. The van der Waals surface area contributed by atoms with Crippen LogP contribution in [0.2, 0.25) is 0 Å². The van der Waals surface area contributed by atoms with Gasteiger partial charge in [-0.25, -0.2) is 0 Å². The molecule has 0 radical (unpaired) electrons. The van der Waals surface area contributed by atoms with Gasteiger partial charge >= 0.3 is 0 Å². The third-order valence-corrected chi connectivity index (χ3v) is 2.63. The molecule has 5 nitrogen and oxygen atoms in total. The summed E-state index contributed by atoms with van der Waals surface area (Å²) in [6, 6.07) is 1.81. The van der Waals surface area contributed by atoms with Crippen molar-refractivity contribution >= 4 is 5.91 Å². The van der Waals surface area contributed by atoms with Crippen LogP contribution < -0.4 is 11.1 Å². The van der Waals surface area contributed by atoms with Gasteiger partial charge in [-0.15, -0.1) is 0 Å². The van der Waals surface area contributed by atoms with Crippen molar-refractivity contribution in [2.24, 2.45) is 17.1 Å². The number of nitrogens with zero attached hydrogens (tertiary/aromatic N) is 1. The first kappa shape index (κ1) is 14.7. The fraction of sp³-hybridized carbons (Fsp3) is 0.692. The second-order valence-corrected chi connectivity index (χ2v) is 5.85. The van der Waals surface area contributed by atoms with E-state index in [-0.39, 0.29) is 17.2 Å². The summed E-state index contributed by atoms with van der Waals surface area (Å²) < 4.78 is 5.03. The van der Waals surface area contributed by atoms with E-state index in [0.29, 0.717) is 18.8 Å². The summed E-state index contributed by atoms with van der Waals surface area (Å²) in [5.74, 6) is 0.475. The number of aromatic nitrogens is 1. The van der Waals surface area contributed by atoms with Crippen LogP contribution in [0.5, 0.6) is 0 Å². The van der Waals surface area contributed by atoms with Crippen LogP contribution in [0.25, 0.3) is 0 Å². The van der Waals surface area contributed by atoms with Crippen LogP contribution in [0.15, 0.2) is 10.6 Å². The Balaban J connectivity index is 2.47. The Morgan fingerprint density at radius 3 is 2.67 bits per heavy atom. The summed E-state index contributed by atoms with van der Waals surface area (Å²) in [4.78, 5) is 12.0. The van der Waals surface area contributed by atoms with E-state index in [0.717, 1.165) is 12.1 Å². The highest BCUT2D eigenvalue weighted by Gasteiger charge is 2.23. The summed E-state index contributed by atoms with van der Waals surface area (Å²) in [5, 5.41) is 6.60. The second-order valence-electron chi connectivity index (χ2n) is 5.85. The monoisotopic (exact) mass is 253 g/mol. The first-order chi connectivity index (χ1) is 8.31. The van der Waals surface area contributed by atoms with Crippen molar-refractivity contribution in [2.75, 3.05) is 6.54 Å². The van der Waals surface area contributed by atoms with Gasteiger partial charge in [-0.1, -0.05) is 25.9 Å². The first-order valence-corrected chi connectivity index (χ1v) is 6.22. The third-order valence-electron chi connectivity index (χ3n) is 2.63. The molecule has 1 atom stereocenters. The van der Waals surface area contributed by atoms with Crippen LogP contribution in [0.3, 0.4) is 0 Å². The molecule has 1 amide bonds. The van der Waals surface area contributed by atoms with E-state index in [9.17, 15) is 4.79 Å². The average molecular weight is 253 g/mol. The van der Waals surface area contributed by atoms with Crippen LogP contribution in [0, 0.1) is 18.3 Å². The molecule has 0 spiro atoms. The molecule has 18 heavy (non-hydrogen) atoms. The quantitative estimate of drug-likeness (QED) is 0.835. The minimum absolute atomic E-state index is 0.0264. The third kappa shape index (κ3) is 4.87. The predicted octanol–water partition coefficient (Wildman–Crippen LogP) is 1.61. The van der Waals surface area contributed by atoms with Crippen molar-refractivity contribution in [3.05, 3.63) is 17.5 Å². The zero-order valence-corrected chi connectivity index (χ0v) is 11.6. The molecule has 0 aliphatic heterocycles. The number of hydrogen-bond donors (Lipinski definition) is 2. The Hall–Kier alpha value is -1.36. The van der Waals surface area contributed by atoms with E-state index in [4.69, 9.17) is 10.3 Å².